The second-order valence-electron chi connectivity index (χ2n) is 12.3. The third-order valence-electron chi connectivity index (χ3n) is 8.74. The third kappa shape index (κ3) is 5.65. The summed E-state index contributed by atoms with van der Waals surface area (Å²) in [6, 6.07) is 18.8. The standard InChI is InChI=1S/C29H38F3NO4SSi/c1-27(2,3)39(5,6)37-24-17-18-28(20-33(4)22-15-11-8-12-16-22)23(24)19-25(36-38(34,35)29(30,31)32)26(28)21-13-9-7-10-14-21/h7-16,23-24H,17-20H2,1-6H3/t23-,24+,28-/m0/s1. The number of nitrogens with zero attached hydrogens (tertiary/aromatic N) is 1. The van der Waals surface area contributed by atoms with Gasteiger partial charge in [0, 0.05) is 48.7 Å². The molecule has 0 aromatic heterocycles. The molecule has 0 radical (unpaired) electrons. The SMILES string of the molecule is CN(C[C@@]12CC[C@@H](O[Si](C)(C)C(C)(C)C)[C@@H]1CC(OS(=O)(=O)C(F)(F)F)=C2c1ccccc1)c1ccccc1. The summed E-state index contributed by atoms with van der Waals surface area (Å²) in [5.74, 6) is -0.375. The van der Waals surface area contributed by atoms with E-state index >= 15 is 0 Å². The third-order valence-corrected chi connectivity index (χ3v) is 14.2. The summed E-state index contributed by atoms with van der Waals surface area (Å²) >= 11 is 0. The molecule has 0 N–H and O–H groups in total. The molecule has 10 heteroatoms. The van der Waals surface area contributed by atoms with Crippen molar-refractivity contribution in [1.29, 1.82) is 0 Å². The Hall–Kier alpha value is -2.30. The van der Waals surface area contributed by atoms with Gasteiger partial charge in [-0.3, -0.25) is 0 Å². The van der Waals surface area contributed by atoms with Crippen molar-refractivity contribution in [3.05, 3.63) is 72.0 Å². The molecule has 39 heavy (non-hydrogen) atoms. The number of para-hydroxylation sites is 1. The number of anilines is 1. The zero-order chi connectivity index (χ0) is 28.9. The molecule has 1 fully saturated rings. The highest BCUT2D eigenvalue weighted by molar-refractivity contribution is 7.87. The fourth-order valence-electron chi connectivity index (χ4n) is 5.84. The van der Waals surface area contributed by atoms with Crippen LogP contribution in [0.4, 0.5) is 18.9 Å². The van der Waals surface area contributed by atoms with Gasteiger partial charge in [-0.05, 0) is 48.7 Å². The lowest BCUT2D eigenvalue weighted by Crippen LogP contribution is -2.46. The molecular weight excluding hydrogens is 543 g/mol. The van der Waals surface area contributed by atoms with E-state index in [1.165, 1.54) is 0 Å². The van der Waals surface area contributed by atoms with E-state index in [1.54, 1.807) is 12.1 Å². The van der Waals surface area contributed by atoms with Gasteiger partial charge in [-0.1, -0.05) is 69.3 Å². The van der Waals surface area contributed by atoms with E-state index < -0.39 is 29.4 Å². The van der Waals surface area contributed by atoms with Crippen LogP contribution in [0.5, 0.6) is 0 Å². The van der Waals surface area contributed by atoms with Crippen molar-refractivity contribution < 1.29 is 30.2 Å². The topological polar surface area (TPSA) is 55.8 Å². The zero-order valence-electron chi connectivity index (χ0n) is 23.4. The molecule has 0 saturated heterocycles. The average Bonchev–Trinajstić information content (AvgIpc) is 3.31. The fourth-order valence-corrected chi connectivity index (χ4v) is 7.74. The first-order valence-electron chi connectivity index (χ1n) is 13.2. The van der Waals surface area contributed by atoms with Crippen LogP contribution >= 0.6 is 0 Å². The predicted octanol–water partition coefficient (Wildman–Crippen LogP) is 7.59. The molecule has 2 aromatic carbocycles. The largest absolute Gasteiger partial charge is 0.534 e. The molecule has 0 unspecified atom stereocenters. The summed E-state index contributed by atoms with van der Waals surface area (Å²) in [6.07, 6.45) is 1.19. The first-order valence-corrected chi connectivity index (χ1v) is 17.5. The average molecular weight is 582 g/mol. The second kappa shape index (κ2) is 10.3. The number of hydrogen-bond donors (Lipinski definition) is 0. The van der Waals surface area contributed by atoms with Gasteiger partial charge in [0.25, 0.3) is 0 Å². The smallest absolute Gasteiger partial charge is 0.414 e. The number of alkyl halides is 3. The van der Waals surface area contributed by atoms with Gasteiger partial charge in [0.15, 0.2) is 8.32 Å². The molecule has 3 atom stereocenters. The monoisotopic (exact) mass is 581 g/mol. The summed E-state index contributed by atoms with van der Waals surface area (Å²) in [5.41, 5.74) is -4.03. The first-order chi connectivity index (χ1) is 18.0. The van der Waals surface area contributed by atoms with Crippen LogP contribution in [0, 0.1) is 11.3 Å². The number of allylic oxidation sites excluding steroid dienone is 1. The zero-order valence-corrected chi connectivity index (χ0v) is 25.2. The van der Waals surface area contributed by atoms with E-state index in [9.17, 15) is 21.6 Å². The number of benzene rings is 2. The van der Waals surface area contributed by atoms with Crippen molar-refractivity contribution in [2.24, 2.45) is 11.3 Å². The maximum atomic E-state index is 13.5. The Morgan fingerprint density at radius 1 is 1.00 bits per heavy atom. The molecule has 1 saturated carbocycles. The molecule has 214 valence electrons. The van der Waals surface area contributed by atoms with Crippen molar-refractivity contribution in [2.75, 3.05) is 18.5 Å². The van der Waals surface area contributed by atoms with Crippen molar-refractivity contribution in [3.8, 4) is 0 Å². The Labute approximate surface area is 231 Å². The summed E-state index contributed by atoms with van der Waals surface area (Å²) in [5, 5.41) is -0.0632. The van der Waals surface area contributed by atoms with Crippen molar-refractivity contribution >= 4 is 29.7 Å². The lowest BCUT2D eigenvalue weighted by molar-refractivity contribution is -0.0523. The molecule has 5 nitrogen and oxygen atoms in total. The number of rotatable bonds is 8. The molecule has 0 bridgehead atoms. The summed E-state index contributed by atoms with van der Waals surface area (Å²) in [4.78, 5) is 2.09. The van der Waals surface area contributed by atoms with Crippen LogP contribution in [-0.4, -0.2) is 41.9 Å². The maximum Gasteiger partial charge on any atom is 0.534 e. The van der Waals surface area contributed by atoms with Gasteiger partial charge in [-0.25, -0.2) is 0 Å². The van der Waals surface area contributed by atoms with Gasteiger partial charge in [-0.15, -0.1) is 0 Å². The van der Waals surface area contributed by atoms with Crippen LogP contribution in [0.1, 0.15) is 45.6 Å². The van der Waals surface area contributed by atoms with Crippen LogP contribution in [0.25, 0.3) is 5.57 Å². The molecule has 2 aliphatic rings. The number of hydrogen-bond acceptors (Lipinski definition) is 5. The van der Waals surface area contributed by atoms with Crippen LogP contribution in [-0.2, 0) is 18.7 Å². The second-order valence-corrected chi connectivity index (χ2v) is 18.6. The Morgan fingerprint density at radius 2 is 1.56 bits per heavy atom. The van der Waals surface area contributed by atoms with E-state index in [-0.39, 0.29) is 29.2 Å². The highest BCUT2D eigenvalue weighted by atomic mass is 32.2. The fraction of sp³-hybridized carbons (Fsp3) is 0.517. The van der Waals surface area contributed by atoms with Crippen molar-refractivity contribution in [2.45, 2.75) is 69.8 Å². The maximum absolute atomic E-state index is 13.5. The Morgan fingerprint density at radius 3 is 2.10 bits per heavy atom. The minimum atomic E-state index is -5.84. The normalized spacial score (nSPS) is 24.1. The number of halogens is 3. The molecule has 0 aliphatic heterocycles. The number of fused-ring (bicyclic) bond motifs is 1. The lowest BCUT2D eigenvalue weighted by Gasteiger charge is -2.42. The first kappa shape index (κ1) is 29.7. The van der Waals surface area contributed by atoms with Gasteiger partial charge in [0.05, 0.1) is 0 Å². The Kier molecular flexibility index (Phi) is 7.81. The lowest BCUT2D eigenvalue weighted by atomic mass is 9.72. The minimum Gasteiger partial charge on any atom is -0.414 e. The van der Waals surface area contributed by atoms with E-state index in [0.29, 0.717) is 24.1 Å². The molecular formula is C29H38F3NO4SSi. The van der Waals surface area contributed by atoms with Crippen LogP contribution < -0.4 is 4.90 Å². The van der Waals surface area contributed by atoms with E-state index in [0.717, 1.165) is 12.1 Å². The van der Waals surface area contributed by atoms with Crippen molar-refractivity contribution in [3.63, 3.8) is 0 Å². The van der Waals surface area contributed by atoms with E-state index in [2.05, 4.69) is 38.8 Å². The van der Waals surface area contributed by atoms with Gasteiger partial charge in [0.1, 0.15) is 5.76 Å². The predicted molar refractivity (Wildman–Crippen MR) is 151 cm³/mol. The minimum absolute atomic E-state index is 0.0570. The Bertz CT molecular complexity index is 1310. The summed E-state index contributed by atoms with van der Waals surface area (Å²) in [7, 11) is -6.12. The van der Waals surface area contributed by atoms with Crippen LogP contribution in [0.3, 0.4) is 0 Å². The summed E-state index contributed by atoms with van der Waals surface area (Å²) in [6.45, 7) is 11.2. The summed E-state index contributed by atoms with van der Waals surface area (Å²) < 4.78 is 76.9. The molecule has 0 spiro atoms. The van der Waals surface area contributed by atoms with E-state index in [1.807, 2.05) is 55.6 Å². The molecule has 2 aromatic rings. The quantitative estimate of drug-likeness (QED) is 0.183. The Balaban J connectivity index is 1.86. The highest BCUT2D eigenvalue weighted by Gasteiger charge is 2.60. The van der Waals surface area contributed by atoms with Gasteiger partial charge in [0.2, 0.25) is 0 Å². The van der Waals surface area contributed by atoms with E-state index in [4.69, 9.17) is 8.61 Å². The molecule has 0 amide bonds. The van der Waals surface area contributed by atoms with Gasteiger partial charge in [-0.2, -0.15) is 21.6 Å². The van der Waals surface area contributed by atoms with Gasteiger partial charge >= 0.3 is 15.6 Å². The van der Waals surface area contributed by atoms with Gasteiger partial charge < -0.3 is 13.5 Å². The van der Waals surface area contributed by atoms with Crippen LogP contribution in [0.15, 0.2) is 66.4 Å². The van der Waals surface area contributed by atoms with Crippen LogP contribution in [0.2, 0.25) is 18.1 Å². The molecule has 0 heterocycles. The molecule has 4 rings (SSSR count). The molecule has 2 aliphatic carbocycles. The van der Waals surface area contributed by atoms with Crippen molar-refractivity contribution in [1.82, 2.24) is 0 Å². The highest BCUT2D eigenvalue weighted by Crippen LogP contribution is 2.63.